The predicted molar refractivity (Wildman–Crippen MR) is 77.3 cm³/mol. The molecule has 0 fully saturated rings. The van der Waals surface area contributed by atoms with Crippen molar-refractivity contribution >= 4 is 22.5 Å². The molecule has 0 saturated heterocycles. The Kier molecular flexibility index (Phi) is 3.17. The monoisotopic (exact) mass is 286 g/mol. The topological polar surface area (TPSA) is 44.9 Å². The third kappa shape index (κ3) is 2.27. The van der Waals surface area contributed by atoms with E-state index in [1.807, 2.05) is 12.1 Å². The molecule has 1 heterocycles. The highest BCUT2D eigenvalue weighted by Gasteiger charge is 2.17. The van der Waals surface area contributed by atoms with Gasteiger partial charge in [0, 0.05) is 11.6 Å². The summed E-state index contributed by atoms with van der Waals surface area (Å²) in [6, 6.07) is 9.43. The number of anilines is 1. The van der Waals surface area contributed by atoms with Crippen molar-refractivity contribution in [3.63, 3.8) is 0 Å². The summed E-state index contributed by atoms with van der Waals surface area (Å²) < 4.78 is 27.6. The second-order valence-electron chi connectivity index (χ2n) is 4.75. The zero-order chi connectivity index (χ0) is 15.0. The Bertz CT molecular complexity index is 839. The van der Waals surface area contributed by atoms with Gasteiger partial charge in [-0.1, -0.05) is 18.2 Å². The molecule has 0 aliphatic heterocycles. The number of hydrogen-bond donors (Lipinski definition) is 2. The number of aromatic amines is 1. The number of halogens is 2. The lowest BCUT2D eigenvalue weighted by Gasteiger charge is -2.10. The minimum Gasteiger partial charge on any atom is -0.361 e. The van der Waals surface area contributed by atoms with Gasteiger partial charge in [0.2, 0.25) is 0 Å². The maximum atomic E-state index is 13.9. The average Bonchev–Trinajstić information content (AvgIpc) is 2.95. The standard InChI is InChI=1S/C16H12F2N2O/c1-9-5-6-12(17)15(13(9)18)20-16(21)11-4-2-3-10-7-8-19-14(10)11/h2-8,19H,1H3,(H,20,21). The SMILES string of the molecule is Cc1ccc(F)c(NC(=O)c2cccc3cc[nH]c23)c1F. The van der Waals surface area contributed by atoms with Crippen molar-refractivity contribution in [3.8, 4) is 0 Å². The number of benzene rings is 2. The lowest BCUT2D eigenvalue weighted by molar-refractivity contribution is 0.102. The average molecular weight is 286 g/mol. The van der Waals surface area contributed by atoms with Crippen molar-refractivity contribution in [1.29, 1.82) is 0 Å². The largest absolute Gasteiger partial charge is 0.361 e. The summed E-state index contributed by atoms with van der Waals surface area (Å²) >= 11 is 0. The van der Waals surface area contributed by atoms with E-state index in [9.17, 15) is 13.6 Å². The number of fused-ring (bicyclic) bond motifs is 1. The molecule has 5 heteroatoms. The van der Waals surface area contributed by atoms with E-state index in [0.717, 1.165) is 11.5 Å². The predicted octanol–water partition coefficient (Wildman–Crippen LogP) is 4.01. The third-order valence-electron chi connectivity index (χ3n) is 3.35. The summed E-state index contributed by atoms with van der Waals surface area (Å²) in [4.78, 5) is 15.2. The van der Waals surface area contributed by atoms with Gasteiger partial charge in [-0.05, 0) is 30.7 Å². The minimum atomic E-state index is -0.801. The van der Waals surface area contributed by atoms with Gasteiger partial charge in [-0.15, -0.1) is 0 Å². The Morgan fingerprint density at radius 3 is 2.76 bits per heavy atom. The number of carbonyl (C=O) groups excluding carboxylic acids is 1. The Balaban J connectivity index is 2.01. The van der Waals surface area contributed by atoms with Crippen LogP contribution in [0.15, 0.2) is 42.6 Å². The maximum Gasteiger partial charge on any atom is 0.257 e. The van der Waals surface area contributed by atoms with Gasteiger partial charge in [0.15, 0.2) is 5.82 Å². The van der Waals surface area contributed by atoms with Gasteiger partial charge in [0.05, 0.1) is 11.1 Å². The fraction of sp³-hybridized carbons (Fsp3) is 0.0625. The molecule has 1 amide bonds. The van der Waals surface area contributed by atoms with Crippen LogP contribution in [0.2, 0.25) is 0 Å². The highest BCUT2D eigenvalue weighted by atomic mass is 19.1. The number of carbonyl (C=O) groups is 1. The van der Waals surface area contributed by atoms with E-state index < -0.39 is 23.2 Å². The molecule has 3 aromatic rings. The van der Waals surface area contributed by atoms with Crippen LogP contribution in [0, 0.1) is 18.6 Å². The molecule has 0 aliphatic carbocycles. The summed E-state index contributed by atoms with van der Waals surface area (Å²) in [5.74, 6) is -2.13. The van der Waals surface area contributed by atoms with Crippen LogP contribution in [0.1, 0.15) is 15.9 Å². The Morgan fingerprint density at radius 1 is 1.14 bits per heavy atom. The van der Waals surface area contributed by atoms with E-state index >= 15 is 0 Å². The summed E-state index contributed by atoms with van der Waals surface area (Å²) in [5, 5.41) is 3.16. The zero-order valence-corrected chi connectivity index (χ0v) is 11.2. The van der Waals surface area contributed by atoms with E-state index in [4.69, 9.17) is 0 Å². The van der Waals surface area contributed by atoms with E-state index in [1.54, 1.807) is 18.3 Å². The van der Waals surface area contributed by atoms with Crippen molar-refractivity contribution in [2.24, 2.45) is 0 Å². The number of rotatable bonds is 2. The number of hydrogen-bond acceptors (Lipinski definition) is 1. The van der Waals surface area contributed by atoms with Crippen LogP contribution in [0.3, 0.4) is 0 Å². The van der Waals surface area contributed by atoms with Crippen LogP contribution >= 0.6 is 0 Å². The molecule has 0 radical (unpaired) electrons. The van der Waals surface area contributed by atoms with Crippen LogP contribution in [0.5, 0.6) is 0 Å². The van der Waals surface area contributed by atoms with Crippen LogP contribution in [-0.4, -0.2) is 10.9 Å². The molecule has 3 nitrogen and oxygen atoms in total. The van der Waals surface area contributed by atoms with Gasteiger partial charge >= 0.3 is 0 Å². The van der Waals surface area contributed by atoms with Gasteiger partial charge < -0.3 is 10.3 Å². The van der Waals surface area contributed by atoms with Crippen molar-refractivity contribution in [2.75, 3.05) is 5.32 Å². The smallest absolute Gasteiger partial charge is 0.257 e. The number of H-pyrrole nitrogens is 1. The molecule has 106 valence electrons. The van der Waals surface area contributed by atoms with Crippen LogP contribution in [0.25, 0.3) is 10.9 Å². The lowest BCUT2D eigenvalue weighted by Crippen LogP contribution is -2.15. The second kappa shape index (κ2) is 5.01. The summed E-state index contributed by atoms with van der Waals surface area (Å²) in [7, 11) is 0. The maximum absolute atomic E-state index is 13.9. The molecule has 0 aliphatic rings. The van der Waals surface area contributed by atoms with Gasteiger partial charge in [0.25, 0.3) is 5.91 Å². The number of nitrogens with one attached hydrogen (secondary N) is 2. The van der Waals surface area contributed by atoms with E-state index in [1.165, 1.54) is 13.0 Å². The van der Waals surface area contributed by atoms with Gasteiger partial charge in [-0.3, -0.25) is 4.79 Å². The van der Waals surface area contributed by atoms with Crippen molar-refractivity contribution in [1.82, 2.24) is 4.98 Å². The molecule has 0 unspecified atom stereocenters. The van der Waals surface area contributed by atoms with Gasteiger partial charge in [0.1, 0.15) is 11.5 Å². The van der Waals surface area contributed by atoms with Crippen LogP contribution in [0.4, 0.5) is 14.5 Å². The molecule has 0 bridgehead atoms. The molecule has 21 heavy (non-hydrogen) atoms. The molecular weight excluding hydrogens is 274 g/mol. The van der Waals surface area contributed by atoms with Crippen molar-refractivity contribution < 1.29 is 13.6 Å². The molecule has 0 spiro atoms. The molecule has 0 atom stereocenters. The molecule has 3 rings (SSSR count). The Morgan fingerprint density at radius 2 is 1.95 bits per heavy atom. The molecule has 2 aromatic carbocycles. The van der Waals surface area contributed by atoms with Gasteiger partial charge in [-0.2, -0.15) is 0 Å². The van der Waals surface area contributed by atoms with Crippen LogP contribution in [-0.2, 0) is 0 Å². The normalized spacial score (nSPS) is 10.8. The number of aromatic nitrogens is 1. The minimum absolute atomic E-state index is 0.268. The second-order valence-corrected chi connectivity index (χ2v) is 4.75. The molecular formula is C16H12F2N2O. The Hall–Kier alpha value is -2.69. The summed E-state index contributed by atoms with van der Waals surface area (Å²) in [5.41, 5.74) is 0.801. The first-order valence-corrected chi connectivity index (χ1v) is 6.40. The lowest BCUT2D eigenvalue weighted by atomic mass is 10.1. The summed E-state index contributed by atoms with van der Waals surface area (Å²) in [6.07, 6.45) is 1.70. The fourth-order valence-electron chi connectivity index (χ4n) is 2.23. The number of para-hydroxylation sites is 1. The Labute approximate surface area is 119 Å². The fourth-order valence-corrected chi connectivity index (χ4v) is 2.23. The first-order valence-electron chi connectivity index (χ1n) is 6.40. The van der Waals surface area contributed by atoms with E-state index in [2.05, 4.69) is 10.3 Å². The summed E-state index contributed by atoms with van der Waals surface area (Å²) in [6.45, 7) is 1.51. The van der Waals surface area contributed by atoms with Crippen molar-refractivity contribution in [3.05, 3.63) is 65.4 Å². The number of aryl methyl sites for hydroxylation is 1. The number of amides is 1. The highest BCUT2D eigenvalue weighted by Crippen LogP contribution is 2.24. The van der Waals surface area contributed by atoms with Crippen molar-refractivity contribution in [2.45, 2.75) is 6.92 Å². The first kappa shape index (κ1) is 13.3. The highest BCUT2D eigenvalue weighted by molar-refractivity contribution is 6.12. The third-order valence-corrected chi connectivity index (χ3v) is 3.35. The first-order chi connectivity index (χ1) is 10.1. The van der Waals surface area contributed by atoms with E-state index in [-0.39, 0.29) is 5.56 Å². The zero-order valence-electron chi connectivity index (χ0n) is 11.2. The quantitative estimate of drug-likeness (QED) is 0.734. The van der Waals surface area contributed by atoms with Crippen LogP contribution < -0.4 is 5.32 Å². The van der Waals surface area contributed by atoms with E-state index in [0.29, 0.717) is 11.1 Å². The van der Waals surface area contributed by atoms with Gasteiger partial charge in [-0.25, -0.2) is 8.78 Å². The molecule has 1 aromatic heterocycles. The molecule has 0 saturated carbocycles. The molecule has 2 N–H and O–H groups in total.